The van der Waals surface area contributed by atoms with Gasteiger partial charge in [0.2, 0.25) is 5.91 Å². The zero-order valence-electron chi connectivity index (χ0n) is 12.3. The lowest BCUT2D eigenvalue weighted by Crippen LogP contribution is -2.28. The monoisotopic (exact) mass is 320 g/mol. The molecule has 2 N–H and O–H groups in total. The van der Waals surface area contributed by atoms with E-state index in [0.717, 1.165) is 20.5 Å². The molecule has 0 fully saturated rings. The Labute approximate surface area is 131 Å². The molecule has 116 valence electrons. The van der Waals surface area contributed by atoms with Crippen molar-refractivity contribution in [3.63, 3.8) is 0 Å². The van der Waals surface area contributed by atoms with Crippen LogP contribution in [0.1, 0.15) is 21.7 Å². The average molecular weight is 320 g/mol. The van der Waals surface area contributed by atoms with Gasteiger partial charge in [-0.25, -0.2) is 0 Å². The van der Waals surface area contributed by atoms with Crippen molar-refractivity contribution in [3.8, 4) is 11.5 Å². The topological polar surface area (TPSA) is 81.9 Å². The maximum Gasteiger partial charge on any atom is 0.264 e. The van der Waals surface area contributed by atoms with Gasteiger partial charge in [0.05, 0.1) is 19.1 Å². The molecule has 1 aromatic heterocycles. The normalized spacial score (nSPS) is 13.5. The van der Waals surface area contributed by atoms with Crippen molar-refractivity contribution in [2.45, 2.75) is 13.0 Å². The molecule has 0 aliphatic carbocycles. The molecule has 0 saturated carbocycles. The van der Waals surface area contributed by atoms with Gasteiger partial charge in [-0.2, -0.15) is 0 Å². The Balaban J connectivity index is 1.99. The predicted molar refractivity (Wildman–Crippen MR) is 83.5 cm³/mol. The molecule has 1 aliphatic rings. The van der Waals surface area contributed by atoms with Crippen molar-refractivity contribution in [2.75, 3.05) is 20.8 Å². The van der Waals surface area contributed by atoms with E-state index in [1.807, 2.05) is 12.1 Å². The van der Waals surface area contributed by atoms with Crippen molar-refractivity contribution in [1.82, 2.24) is 4.90 Å². The molecule has 0 radical (unpaired) electrons. The third-order valence-electron chi connectivity index (χ3n) is 3.76. The average Bonchev–Trinajstić information content (AvgIpc) is 3.00. The summed E-state index contributed by atoms with van der Waals surface area (Å²) in [5.41, 5.74) is 6.13. The lowest BCUT2D eigenvalue weighted by Gasteiger charge is -2.14. The first-order chi connectivity index (χ1) is 10.5. The molecule has 6 nitrogen and oxygen atoms in total. The zero-order chi connectivity index (χ0) is 15.9. The van der Waals surface area contributed by atoms with Crippen LogP contribution in [0.15, 0.2) is 12.1 Å². The van der Waals surface area contributed by atoms with Crippen LogP contribution in [0.3, 0.4) is 0 Å². The number of carbonyl (C=O) groups is 2. The van der Waals surface area contributed by atoms with Crippen LogP contribution in [0.2, 0.25) is 0 Å². The summed E-state index contributed by atoms with van der Waals surface area (Å²) in [6, 6.07) is 3.78. The van der Waals surface area contributed by atoms with Gasteiger partial charge >= 0.3 is 0 Å². The quantitative estimate of drug-likeness (QED) is 0.910. The Bertz CT molecular complexity index is 768. The number of thiophene rings is 1. The van der Waals surface area contributed by atoms with Crippen molar-refractivity contribution in [2.24, 2.45) is 5.73 Å². The number of benzene rings is 1. The summed E-state index contributed by atoms with van der Waals surface area (Å²) in [6.07, 6.45) is 0.176. The van der Waals surface area contributed by atoms with E-state index in [9.17, 15) is 9.59 Å². The number of carbonyl (C=O) groups excluding carboxylic acids is 2. The Morgan fingerprint density at radius 2 is 2.00 bits per heavy atom. The highest BCUT2D eigenvalue weighted by molar-refractivity contribution is 7.21. The zero-order valence-corrected chi connectivity index (χ0v) is 13.2. The Morgan fingerprint density at radius 1 is 1.32 bits per heavy atom. The van der Waals surface area contributed by atoms with Crippen molar-refractivity contribution < 1.29 is 19.1 Å². The SMILES string of the molecule is COc1cc2sc3c(c2cc1OC)CN(CCC(N)=O)C3=O. The summed E-state index contributed by atoms with van der Waals surface area (Å²) in [6.45, 7) is 0.848. The lowest BCUT2D eigenvalue weighted by atomic mass is 10.1. The van der Waals surface area contributed by atoms with Crippen molar-refractivity contribution >= 4 is 33.2 Å². The molecule has 0 saturated heterocycles. The van der Waals surface area contributed by atoms with E-state index in [2.05, 4.69) is 0 Å². The van der Waals surface area contributed by atoms with Crippen LogP contribution >= 0.6 is 11.3 Å². The number of fused-ring (bicyclic) bond motifs is 3. The van der Waals surface area contributed by atoms with Crippen LogP contribution in [-0.4, -0.2) is 37.5 Å². The highest BCUT2D eigenvalue weighted by Gasteiger charge is 2.31. The van der Waals surface area contributed by atoms with E-state index in [-0.39, 0.29) is 12.3 Å². The second kappa shape index (κ2) is 5.49. The molecule has 0 unspecified atom stereocenters. The number of methoxy groups -OCH3 is 2. The second-order valence-electron chi connectivity index (χ2n) is 5.06. The Morgan fingerprint density at radius 3 is 2.64 bits per heavy atom. The van der Waals surface area contributed by atoms with Gasteiger partial charge in [0, 0.05) is 41.2 Å². The highest BCUT2D eigenvalue weighted by atomic mass is 32.1. The molecule has 0 atom stereocenters. The molecular formula is C15H16N2O4S. The summed E-state index contributed by atoms with van der Waals surface area (Å²) in [5.74, 6) is 0.835. The predicted octanol–water partition coefficient (Wildman–Crippen LogP) is 1.75. The van der Waals surface area contributed by atoms with E-state index >= 15 is 0 Å². The molecular weight excluding hydrogens is 304 g/mol. The molecule has 1 aromatic carbocycles. The van der Waals surface area contributed by atoms with E-state index in [4.69, 9.17) is 15.2 Å². The lowest BCUT2D eigenvalue weighted by molar-refractivity contribution is -0.118. The summed E-state index contributed by atoms with van der Waals surface area (Å²) in [5, 5.41) is 0.993. The number of rotatable bonds is 5. The summed E-state index contributed by atoms with van der Waals surface area (Å²) < 4.78 is 11.6. The van der Waals surface area contributed by atoms with Gasteiger partial charge in [0.15, 0.2) is 11.5 Å². The third-order valence-corrected chi connectivity index (χ3v) is 4.94. The molecule has 3 rings (SSSR count). The fraction of sp³-hybridized carbons (Fsp3) is 0.333. The number of amides is 2. The highest BCUT2D eigenvalue weighted by Crippen LogP contribution is 2.42. The van der Waals surface area contributed by atoms with E-state index in [1.54, 1.807) is 19.1 Å². The van der Waals surface area contributed by atoms with Crippen LogP contribution < -0.4 is 15.2 Å². The van der Waals surface area contributed by atoms with Crippen LogP contribution in [0, 0.1) is 0 Å². The largest absolute Gasteiger partial charge is 0.493 e. The Hall–Kier alpha value is -2.28. The van der Waals surface area contributed by atoms with Gasteiger partial charge in [-0.3, -0.25) is 9.59 Å². The minimum atomic E-state index is -0.403. The molecule has 22 heavy (non-hydrogen) atoms. The van der Waals surface area contributed by atoms with Crippen LogP contribution in [0.4, 0.5) is 0 Å². The molecule has 0 bridgehead atoms. The smallest absolute Gasteiger partial charge is 0.264 e. The third kappa shape index (κ3) is 2.27. The van der Waals surface area contributed by atoms with E-state index in [0.29, 0.717) is 24.6 Å². The fourth-order valence-corrected chi connectivity index (χ4v) is 3.83. The second-order valence-corrected chi connectivity index (χ2v) is 6.11. The molecule has 7 heteroatoms. The first kappa shape index (κ1) is 14.6. The molecule has 2 amide bonds. The van der Waals surface area contributed by atoms with E-state index < -0.39 is 5.91 Å². The van der Waals surface area contributed by atoms with Gasteiger partial charge in [-0.1, -0.05) is 0 Å². The van der Waals surface area contributed by atoms with Gasteiger partial charge in [-0.15, -0.1) is 11.3 Å². The molecule has 2 heterocycles. The Kier molecular flexibility index (Phi) is 3.66. The van der Waals surface area contributed by atoms with Crippen molar-refractivity contribution in [3.05, 3.63) is 22.6 Å². The number of nitrogens with zero attached hydrogens (tertiary/aromatic N) is 1. The summed E-state index contributed by atoms with van der Waals surface area (Å²) in [7, 11) is 3.17. The van der Waals surface area contributed by atoms with E-state index in [1.165, 1.54) is 11.3 Å². The summed E-state index contributed by atoms with van der Waals surface area (Å²) >= 11 is 1.44. The van der Waals surface area contributed by atoms with Gasteiger partial charge in [-0.05, 0) is 6.07 Å². The first-order valence-corrected chi connectivity index (χ1v) is 7.61. The number of hydrogen-bond acceptors (Lipinski definition) is 5. The maximum atomic E-state index is 12.4. The number of primary amides is 1. The van der Waals surface area contributed by atoms with Crippen LogP contribution in [-0.2, 0) is 11.3 Å². The van der Waals surface area contributed by atoms with Gasteiger partial charge in [0.25, 0.3) is 5.91 Å². The maximum absolute atomic E-state index is 12.4. The first-order valence-electron chi connectivity index (χ1n) is 6.80. The van der Waals surface area contributed by atoms with Gasteiger partial charge < -0.3 is 20.1 Å². The standard InChI is InChI=1S/C15H16N2O4S/c1-20-10-5-8-9-7-17(4-3-13(16)18)15(19)14(9)22-12(8)6-11(10)21-2/h5-6H,3-4,7H2,1-2H3,(H2,16,18). The van der Waals surface area contributed by atoms with Crippen LogP contribution in [0.25, 0.3) is 10.1 Å². The van der Waals surface area contributed by atoms with Gasteiger partial charge in [0.1, 0.15) is 0 Å². The minimum absolute atomic E-state index is 0.0459. The minimum Gasteiger partial charge on any atom is -0.493 e. The fourth-order valence-electron chi connectivity index (χ4n) is 2.64. The number of ether oxygens (including phenoxy) is 2. The molecule has 1 aliphatic heterocycles. The number of hydrogen-bond donors (Lipinski definition) is 1. The number of nitrogens with two attached hydrogens (primary N) is 1. The summed E-state index contributed by atoms with van der Waals surface area (Å²) in [4.78, 5) is 25.7. The van der Waals surface area contributed by atoms with Crippen molar-refractivity contribution in [1.29, 1.82) is 0 Å². The molecule has 0 spiro atoms. The van der Waals surface area contributed by atoms with Crippen LogP contribution in [0.5, 0.6) is 11.5 Å². The molecule has 2 aromatic rings.